The van der Waals surface area contributed by atoms with Gasteiger partial charge in [0.2, 0.25) is 0 Å². The molecule has 0 bridgehead atoms. The minimum Gasteiger partial charge on any atom is -0.477 e. The quantitative estimate of drug-likeness (QED) is 0.874. The molecule has 1 aromatic heterocycles. The van der Waals surface area contributed by atoms with Crippen LogP contribution in [0.15, 0.2) is 36.4 Å². The minimum absolute atomic E-state index is 0.276. The van der Waals surface area contributed by atoms with Crippen molar-refractivity contribution >= 4 is 5.97 Å². The Bertz CT molecular complexity index is 614. The van der Waals surface area contributed by atoms with E-state index in [0.717, 1.165) is 24.1 Å². The predicted molar refractivity (Wildman–Crippen MR) is 80.1 cm³/mol. The summed E-state index contributed by atoms with van der Waals surface area (Å²) in [5.74, 6) is -0.662. The van der Waals surface area contributed by atoms with Crippen LogP contribution in [0.2, 0.25) is 0 Å². The van der Waals surface area contributed by atoms with E-state index in [4.69, 9.17) is 0 Å². The molecule has 21 heavy (non-hydrogen) atoms. The molecule has 0 atom stereocenters. The van der Waals surface area contributed by atoms with Gasteiger partial charge in [0.05, 0.1) is 0 Å². The van der Waals surface area contributed by atoms with E-state index in [2.05, 4.69) is 13.8 Å². The molecule has 0 radical (unpaired) electrons. The van der Waals surface area contributed by atoms with E-state index in [1.54, 1.807) is 22.8 Å². The van der Waals surface area contributed by atoms with Crippen molar-refractivity contribution in [3.63, 3.8) is 0 Å². The third-order valence-electron chi connectivity index (χ3n) is 3.52. The summed E-state index contributed by atoms with van der Waals surface area (Å²) in [5, 5.41) is 9.30. The molecule has 4 heteroatoms. The van der Waals surface area contributed by atoms with Crippen LogP contribution in [0.1, 0.15) is 42.0 Å². The first kappa shape index (κ1) is 15.3. The van der Waals surface area contributed by atoms with Crippen LogP contribution < -0.4 is 0 Å². The normalized spacial score (nSPS) is 11.0. The summed E-state index contributed by atoms with van der Waals surface area (Å²) < 4.78 is 14.8. The molecule has 112 valence electrons. The van der Waals surface area contributed by atoms with Crippen LogP contribution in [0.4, 0.5) is 4.39 Å². The smallest absolute Gasteiger partial charge is 0.352 e. The van der Waals surface area contributed by atoms with E-state index >= 15 is 0 Å². The molecule has 0 saturated heterocycles. The lowest BCUT2D eigenvalue weighted by atomic mass is 10.1. The Morgan fingerprint density at radius 1 is 1.19 bits per heavy atom. The third-order valence-corrected chi connectivity index (χ3v) is 3.52. The fourth-order valence-corrected chi connectivity index (χ4v) is 2.31. The van der Waals surface area contributed by atoms with Gasteiger partial charge in [-0.1, -0.05) is 26.0 Å². The van der Waals surface area contributed by atoms with E-state index in [1.165, 1.54) is 12.1 Å². The van der Waals surface area contributed by atoms with Gasteiger partial charge in [-0.2, -0.15) is 0 Å². The Morgan fingerprint density at radius 3 is 2.43 bits per heavy atom. The molecule has 2 aromatic rings. The summed E-state index contributed by atoms with van der Waals surface area (Å²) in [5.41, 5.74) is 2.17. The van der Waals surface area contributed by atoms with E-state index in [0.29, 0.717) is 12.5 Å². The summed E-state index contributed by atoms with van der Waals surface area (Å²) in [6, 6.07) is 9.68. The molecule has 0 fully saturated rings. The predicted octanol–water partition coefficient (Wildman–Crippen LogP) is 3.96. The number of hydrogen-bond acceptors (Lipinski definition) is 1. The van der Waals surface area contributed by atoms with Crippen LogP contribution in [0.25, 0.3) is 0 Å². The highest BCUT2D eigenvalue weighted by Gasteiger charge is 2.14. The van der Waals surface area contributed by atoms with Crippen molar-refractivity contribution in [2.45, 2.75) is 33.2 Å². The van der Waals surface area contributed by atoms with Crippen molar-refractivity contribution in [2.24, 2.45) is 5.92 Å². The molecule has 1 aromatic carbocycles. The Labute approximate surface area is 124 Å². The molecule has 1 N–H and O–H groups in total. The first-order valence-electron chi connectivity index (χ1n) is 7.13. The standard InChI is InChI=1S/C17H20FNO2/c1-12(2)3-8-15-9-10-16(17(20)21)19(15)11-13-4-6-14(18)7-5-13/h4-7,9-10,12H,3,8,11H2,1-2H3,(H,20,21). The van der Waals surface area contributed by atoms with Crippen molar-refractivity contribution < 1.29 is 14.3 Å². The Kier molecular flexibility index (Phi) is 4.78. The van der Waals surface area contributed by atoms with Crippen LogP contribution in [0.3, 0.4) is 0 Å². The van der Waals surface area contributed by atoms with Gasteiger partial charge in [-0.3, -0.25) is 0 Å². The summed E-state index contributed by atoms with van der Waals surface area (Å²) in [6.07, 6.45) is 1.85. The summed E-state index contributed by atoms with van der Waals surface area (Å²) >= 11 is 0. The largest absolute Gasteiger partial charge is 0.477 e. The number of aryl methyl sites for hydroxylation is 1. The van der Waals surface area contributed by atoms with Gasteiger partial charge in [-0.25, -0.2) is 9.18 Å². The van der Waals surface area contributed by atoms with Gasteiger partial charge in [0, 0.05) is 12.2 Å². The lowest BCUT2D eigenvalue weighted by Crippen LogP contribution is -2.12. The molecule has 0 aliphatic carbocycles. The second-order valence-electron chi connectivity index (χ2n) is 5.66. The zero-order valence-corrected chi connectivity index (χ0v) is 12.3. The maximum Gasteiger partial charge on any atom is 0.352 e. The second kappa shape index (κ2) is 6.57. The highest BCUT2D eigenvalue weighted by atomic mass is 19.1. The first-order chi connectivity index (χ1) is 9.97. The molecule has 0 saturated carbocycles. The number of hydrogen-bond donors (Lipinski definition) is 1. The number of halogens is 1. The molecule has 1 heterocycles. The van der Waals surface area contributed by atoms with Crippen LogP contribution in [-0.4, -0.2) is 15.6 Å². The number of nitrogens with zero attached hydrogens (tertiary/aromatic N) is 1. The number of aromatic nitrogens is 1. The molecule has 0 aliphatic heterocycles. The molecule has 0 amide bonds. The molecular weight excluding hydrogens is 269 g/mol. The lowest BCUT2D eigenvalue weighted by Gasteiger charge is -2.13. The Morgan fingerprint density at radius 2 is 1.86 bits per heavy atom. The molecule has 3 nitrogen and oxygen atoms in total. The van der Waals surface area contributed by atoms with Crippen LogP contribution in [0.5, 0.6) is 0 Å². The van der Waals surface area contributed by atoms with Crippen molar-refractivity contribution in [3.05, 3.63) is 59.2 Å². The van der Waals surface area contributed by atoms with Gasteiger partial charge < -0.3 is 9.67 Å². The number of carbonyl (C=O) groups is 1. The number of carboxylic acids is 1. The molecule has 2 rings (SSSR count). The van der Waals surface area contributed by atoms with Gasteiger partial charge in [0.1, 0.15) is 11.5 Å². The maximum atomic E-state index is 13.0. The second-order valence-corrected chi connectivity index (χ2v) is 5.66. The first-order valence-corrected chi connectivity index (χ1v) is 7.13. The molecule has 0 aliphatic rings. The van der Waals surface area contributed by atoms with Gasteiger partial charge in [-0.05, 0) is 48.6 Å². The van der Waals surface area contributed by atoms with E-state index < -0.39 is 5.97 Å². The monoisotopic (exact) mass is 289 g/mol. The number of benzene rings is 1. The van der Waals surface area contributed by atoms with Gasteiger partial charge in [-0.15, -0.1) is 0 Å². The van der Waals surface area contributed by atoms with Gasteiger partial charge in [0.25, 0.3) is 0 Å². The van der Waals surface area contributed by atoms with Crippen LogP contribution in [0, 0.1) is 11.7 Å². The number of rotatable bonds is 6. The zero-order valence-electron chi connectivity index (χ0n) is 12.3. The summed E-state index contributed by atoms with van der Waals surface area (Å²) in [4.78, 5) is 11.3. The van der Waals surface area contributed by atoms with E-state index in [-0.39, 0.29) is 11.5 Å². The number of carboxylic acid groups (broad SMARTS) is 1. The fourth-order valence-electron chi connectivity index (χ4n) is 2.31. The Hall–Kier alpha value is -2.10. The Balaban J connectivity index is 2.27. The average Bonchev–Trinajstić information content (AvgIpc) is 2.82. The summed E-state index contributed by atoms with van der Waals surface area (Å²) in [6.45, 7) is 4.74. The lowest BCUT2D eigenvalue weighted by molar-refractivity contribution is 0.0685. The minimum atomic E-state index is -0.937. The fraction of sp³-hybridized carbons (Fsp3) is 0.353. The van der Waals surface area contributed by atoms with Crippen molar-refractivity contribution in [3.8, 4) is 0 Å². The summed E-state index contributed by atoms with van der Waals surface area (Å²) in [7, 11) is 0. The topological polar surface area (TPSA) is 42.2 Å². The van der Waals surface area contributed by atoms with Crippen molar-refractivity contribution in [1.82, 2.24) is 4.57 Å². The van der Waals surface area contributed by atoms with Crippen LogP contribution in [-0.2, 0) is 13.0 Å². The molecular formula is C17H20FNO2. The van der Waals surface area contributed by atoms with Gasteiger partial charge in [0.15, 0.2) is 0 Å². The van der Waals surface area contributed by atoms with Gasteiger partial charge >= 0.3 is 5.97 Å². The zero-order chi connectivity index (χ0) is 15.4. The van der Waals surface area contributed by atoms with Crippen LogP contribution >= 0.6 is 0 Å². The SMILES string of the molecule is CC(C)CCc1ccc(C(=O)O)n1Cc1ccc(F)cc1. The average molecular weight is 289 g/mol. The maximum absolute atomic E-state index is 13.0. The van der Waals surface area contributed by atoms with Crippen molar-refractivity contribution in [2.75, 3.05) is 0 Å². The highest BCUT2D eigenvalue weighted by molar-refractivity contribution is 5.86. The van der Waals surface area contributed by atoms with Crippen molar-refractivity contribution in [1.29, 1.82) is 0 Å². The van der Waals surface area contributed by atoms with E-state index in [9.17, 15) is 14.3 Å². The molecule has 0 unspecified atom stereocenters. The molecule has 0 spiro atoms. The third kappa shape index (κ3) is 3.94. The van der Waals surface area contributed by atoms with E-state index in [1.807, 2.05) is 6.07 Å². The highest BCUT2D eigenvalue weighted by Crippen LogP contribution is 2.17. The number of aromatic carboxylic acids is 1.